The molecule has 13 heteroatoms. The van der Waals surface area contributed by atoms with Crippen molar-refractivity contribution < 1.29 is 14.3 Å². The van der Waals surface area contributed by atoms with Gasteiger partial charge >= 0.3 is 0 Å². The van der Waals surface area contributed by atoms with Crippen molar-refractivity contribution in [3.63, 3.8) is 0 Å². The summed E-state index contributed by atoms with van der Waals surface area (Å²) in [5.41, 5.74) is 3.41. The second kappa shape index (κ2) is 13.5. The molecule has 2 aromatic heterocycles. The molecule has 0 aliphatic carbocycles. The maximum absolute atomic E-state index is 13.6. The number of aromatic nitrogens is 3. The van der Waals surface area contributed by atoms with Gasteiger partial charge in [0.1, 0.15) is 11.9 Å². The summed E-state index contributed by atoms with van der Waals surface area (Å²) in [5.74, 6) is 0.847. The number of hydrogen-bond donors (Lipinski definition) is 2. The number of pyridine rings is 1. The molecule has 2 saturated heterocycles. The Balaban J connectivity index is 1.13. The molecule has 0 radical (unpaired) electrons. The number of nitrogens with one attached hydrogen (secondary N) is 2. The number of hydrogen-bond acceptors (Lipinski definition) is 9. The van der Waals surface area contributed by atoms with Crippen LogP contribution in [0.15, 0.2) is 36.7 Å². The summed E-state index contributed by atoms with van der Waals surface area (Å²) < 4.78 is 5.44. The van der Waals surface area contributed by atoms with Gasteiger partial charge in [0.15, 0.2) is 0 Å². The molecule has 5 heterocycles. The third kappa shape index (κ3) is 6.86. The molecular weight excluding hydrogens is 615 g/mol. The van der Waals surface area contributed by atoms with Crippen molar-refractivity contribution in [3.8, 4) is 11.3 Å². The number of likely N-dealkylation sites (N-methyl/N-ethyl adjacent to an activating group) is 1. The lowest BCUT2D eigenvalue weighted by Gasteiger charge is -2.33. The van der Waals surface area contributed by atoms with Crippen LogP contribution in [0.25, 0.3) is 11.3 Å². The van der Waals surface area contributed by atoms with E-state index in [0.29, 0.717) is 52.6 Å². The molecule has 6 rings (SSSR count). The molecule has 3 aliphatic rings. The number of benzene rings is 1. The van der Waals surface area contributed by atoms with Gasteiger partial charge in [0.2, 0.25) is 11.9 Å². The fourth-order valence-electron chi connectivity index (χ4n) is 5.98. The van der Waals surface area contributed by atoms with Crippen molar-refractivity contribution in [3.05, 3.63) is 63.4 Å². The summed E-state index contributed by atoms with van der Waals surface area (Å²) in [5, 5.41) is 7.31. The highest BCUT2D eigenvalue weighted by molar-refractivity contribution is 6.33. The van der Waals surface area contributed by atoms with E-state index in [4.69, 9.17) is 27.9 Å². The average molecular weight is 654 g/mol. The molecule has 2 N–H and O–H groups in total. The van der Waals surface area contributed by atoms with Gasteiger partial charge in [0.25, 0.3) is 5.91 Å². The van der Waals surface area contributed by atoms with Crippen LogP contribution in [0.2, 0.25) is 10.0 Å². The minimum atomic E-state index is -0.702. The molecule has 0 bridgehead atoms. The number of anilines is 2. The smallest absolute Gasteiger partial charge is 0.255 e. The second-order valence-corrected chi connectivity index (χ2v) is 12.8. The Kier molecular flexibility index (Phi) is 9.41. The highest BCUT2D eigenvalue weighted by Crippen LogP contribution is 2.33. The third-order valence-electron chi connectivity index (χ3n) is 8.88. The molecule has 2 fully saturated rings. The van der Waals surface area contributed by atoms with Crippen molar-refractivity contribution in [1.29, 1.82) is 0 Å². The van der Waals surface area contributed by atoms with Gasteiger partial charge in [0, 0.05) is 69.3 Å². The van der Waals surface area contributed by atoms with Gasteiger partial charge < -0.3 is 30.1 Å². The Bertz CT molecular complexity index is 1580. The molecule has 1 aromatic carbocycles. The average Bonchev–Trinajstić information content (AvgIpc) is 3.38. The lowest BCUT2D eigenvalue weighted by atomic mass is 10.0. The van der Waals surface area contributed by atoms with Crippen LogP contribution in [-0.4, -0.2) is 95.1 Å². The zero-order valence-corrected chi connectivity index (χ0v) is 27.2. The highest BCUT2D eigenvalue weighted by Gasteiger charge is 2.35. The normalized spacial score (nSPS) is 18.9. The SMILES string of the molecule is C[C@H](C(=O)N[C@H](C)c1cc(N2CCN(C)CC2)ncc1Cl)N1Cc2ccc(-c3nc(NC4CCOCC4)ncc3Cl)cc2C1=O. The van der Waals surface area contributed by atoms with Crippen molar-refractivity contribution in [2.24, 2.45) is 0 Å². The first-order chi connectivity index (χ1) is 21.7. The van der Waals surface area contributed by atoms with Crippen LogP contribution < -0.4 is 15.5 Å². The molecular formula is C32H38Cl2N8O3. The lowest BCUT2D eigenvalue weighted by Crippen LogP contribution is -2.46. The van der Waals surface area contributed by atoms with Gasteiger partial charge in [-0.1, -0.05) is 35.3 Å². The van der Waals surface area contributed by atoms with Crippen LogP contribution in [0, 0.1) is 0 Å². The summed E-state index contributed by atoms with van der Waals surface area (Å²) in [4.78, 5) is 46.7. The standard InChI is InChI=1S/C32H38Cl2N8O3/c1-19(24-15-28(35-16-26(24)33)41-10-8-40(3)9-11-41)37-30(43)20(2)42-18-22-5-4-21(14-25(22)31(42)44)29-27(34)17-36-32(39-29)38-23-6-12-45-13-7-23/h4-5,14-17,19-20,23H,6-13,18H2,1-3H3,(H,37,43)(H,36,38,39)/t19-,20-/m1/s1. The van der Waals surface area contributed by atoms with E-state index < -0.39 is 6.04 Å². The van der Waals surface area contributed by atoms with Gasteiger partial charge in [-0.05, 0) is 57.0 Å². The molecule has 2 atom stereocenters. The zero-order valence-electron chi connectivity index (χ0n) is 25.7. The van der Waals surface area contributed by atoms with Crippen LogP contribution >= 0.6 is 23.2 Å². The van der Waals surface area contributed by atoms with E-state index in [1.54, 1.807) is 30.3 Å². The topological polar surface area (TPSA) is 116 Å². The summed E-state index contributed by atoms with van der Waals surface area (Å²) in [6.45, 7) is 9.03. The number of nitrogens with zero attached hydrogens (tertiary/aromatic N) is 6. The van der Waals surface area contributed by atoms with Crippen molar-refractivity contribution in [2.75, 3.05) is 56.7 Å². The maximum atomic E-state index is 13.6. The van der Waals surface area contributed by atoms with Crippen LogP contribution in [0.4, 0.5) is 11.8 Å². The molecule has 0 saturated carbocycles. The summed E-state index contributed by atoms with van der Waals surface area (Å²) in [7, 11) is 2.11. The van der Waals surface area contributed by atoms with E-state index in [2.05, 4.69) is 42.4 Å². The van der Waals surface area contributed by atoms with Gasteiger partial charge in [0.05, 0.1) is 28.0 Å². The zero-order chi connectivity index (χ0) is 31.7. The largest absolute Gasteiger partial charge is 0.381 e. The number of halogens is 2. The number of carbonyl (C=O) groups excluding carboxylic acids is 2. The second-order valence-electron chi connectivity index (χ2n) is 12.0. The molecule has 11 nitrogen and oxygen atoms in total. The quantitative estimate of drug-likeness (QED) is 0.365. The molecule has 0 spiro atoms. The molecule has 3 aromatic rings. The Morgan fingerprint density at radius 2 is 1.76 bits per heavy atom. The predicted octanol–water partition coefficient (Wildman–Crippen LogP) is 4.41. The summed E-state index contributed by atoms with van der Waals surface area (Å²) >= 11 is 13.0. The van der Waals surface area contributed by atoms with Crippen LogP contribution in [0.1, 0.15) is 54.2 Å². The van der Waals surface area contributed by atoms with Crippen molar-refractivity contribution in [1.82, 2.24) is 30.1 Å². The Labute approximate surface area is 273 Å². The minimum absolute atomic E-state index is 0.216. The Morgan fingerprint density at radius 1 is 1.02 bits per heavy atom. The maximum Gasteiger partial charge on any atom is 0.255 e. The summed E-state index contributed by atoms with van der Waals surface area (Å²) in [6.07, 6.45) is 4.97. The first kappa shape index (κ1) is 31.5. The van der Waals surface area contributed by atoms with E-state index in [-0.39, 0.29) is 23.9 Å². The highest BCUT2D eigenvalue weighted by atomic mass is 35.5. The molecule has 3 aliphatic heterocycles. The van der Waals surface area contributed by atoms with Crippen LogP contribution in [0.5, 0.6) is 0 Å². The number of piperazine rings is 1. The van der Waals surface area contributed by atoms with Gasteiger partial charge in [-0.15, -0.1) is 0 Å². The van der Waals surface area contributed by atoms with Gasteiger partial charge in [-0.3, -0.25) is 9.59 Å². The van der Waals surface area contributed by atoms with Crippen LogP contribution in [-0.2, 0) is 16.1 Å². The first-order valence-electron chi connectivity index (χ1n) is 15.4. The Morgan fingerprint density at radius 3 is 2.51 bits per heavy atom. The molecule has 0 unspecified atom stereocenters. The monoisotopic (exact) mass is 652 g/mol. The van der Waals surface area contributed by atoms with E-state index >= 15 is 0 Å². The van der Waals surface area contributed by atoms with Crippen molar-refractivity contribution >= 4 is 46.8 Å². The van der Waals surface area contributed by atoms with E-state index in [1.165, 1.54) is 0 Å². The van der Waals surface area contributed by atoms with Crippen LogP contribution in [0.3, 0.4) is 0 Å². The number of amides is 2. The summed E-state index contributed by atoms with van der Waals surface area (Å²) in [6, 6.07) is 6.70. The number of rotatable bonds is 8. The van der Waals surface area contributed by atoms with Gasteiger partial charge in [-0.25, -0.2) is 15.0 Å². The Hall–Kier alpha value is -3.51. The van der Waals surface area contributed by atoms with Gasteiger partial charge in [-0.2, -0.15) is 0 Å². The number of carbonyl (C=O) groups is 2. The molecule has 238 valence electrons. The lowest BCUT2D eigenvalue weighted by molar-refractivity contribution is -0.125. The fraction of sp³-hybridized carbons (Fsp3) is 0.469. The number of ether oxygens (including phenoxy) is 1. The minimum Gasteiger partial charge on any atom is -0.381 e. The number of fused-ring (bicyclic) bond motifs is 1. The fourth-order valence-corrected chi connectivity index (χ4v) is 6.45. The van der Waals surface area contributed by atoms with E-state index in [9.17, 15) is 9.59 Å². The molecule has 45 heavy (non-hydrogen) atoms. The van der Waals surface area contributed by atoms with Crippen molar-refractivity contribution in [2.45, 2.75) is 51.4 Å². The van der Waals surface area contributed by atoms with E-state index in [0.717, 1.165) is 56.0 Å². The van der Waals surface area contributed by atoms with E-state index in [1.807, 2.05) is 25.1 Å². The molecule has 2 amide bonds. The third-order valence-corrected chi connectivity index (χ3v) is 9.48. The predicted molar refractivity (Wildman–Crippen MR) is 175 cm³/mol. The first-order valence-corrected chi connectivity index (χ1v) is 16.1.